The largest absolute Gasteiger partial charge is 0.481 e. The maximum absolute atomic E-state index is 11.2. The Labute approximate surface area is 115 Å². The van der Waals surface area contributed by atoms with Crippen LogP contribution >= 0.6 is 27.7 Å². The summed E-state index contributed by atoms with van der Waals surface area (Å²) < 4.78 is 0.961. The first-order valence-corrected chi connectivity index (χ1v) is 7.12. The highest BCUT2D eigenvalue weighted by atomic mass is 79.9. The third-order valence-electron chi connectivity index (χ3n) is 2.55. The Balaban J connectivity index is 3.08. The predicted molar refractivity (Wildman–Crippen MR) is 75.8 cm³/mol. The van der Waals surface area contributed by atoms with Crippen LogP contribution in [0.2, 0.25) is 0 Å². The van der Waals surface area contributed by atoms with Gasteiger partial charge in [-0.2, -0.15) is 0 Å². The molecule has 1 aromatic rings. The van der Waals surface area contributed by atoms with Gasteiger partial charge in [0.1, 0.15) is 0 Å². The third kappa shape index (κ3) is 3.49. The summed E-state index contributed by atoms with van der Waals surface area (Å²) in [5, 5.41) is 9.68. The van der Waals surface area contributed by atoms with E-state index in [1.54, 1.807) is 25.6 Å². The van der Waals surface area contributed by atoms with Crippen LogP contribution in [-0.4, -0.2) is 16.3 Å². The number of hydrogen-bond donors (Lipinski definition) is 1. The summed E-state index contributed by atoms with van der Waals surface area (Å²) in [6.45, 7) is 7.69. The van der Waals surface area contributed by atoms with E-state index in [0.29, 0.717) is 5.25 Å². The van der Waals surface area contributed by atoms with Gasteiger partial charge in [-0.05, 0) is 47.5 Å². The minimum atomic E-state index is -0.858. The molecule has 1 rings (SSSR count). The van der Waals surface area contributed by atoms with Crippen LogP contribution in [0.4, 0.5) is 0 Å². The molecule has 0 spiro atoms. The SMILES string of the molecule is CC(C)Sc1ccc(C(C)(C)C(=O)O)cc1Br. The van der Waals surface area contributed by atoms with Crippen LogP contribution in [0.25, 0.3) is 0 Å². The molecule has 0 aliphatic rings. The quantitative estimate of drug-likeness (QED) is 0.841. The van der Waals surface area contributed by atoms with Gasteiger partial charge in [0.25, 0.3) is 0 Å². The Kier molecular flexibility index (Phi) is 4.67. The van der Waals surface area contributed by atoms with Crippen LogP contribution in [0, 0.1) is 0 Å². The third-order valence-corrected chi connectivity index (χ3v) is 4.55. The number of carboxylic acids is 1. The van der Waals surface area contributed by atoms with Crippen molar-refractivity contribution >= 4 is 33.7 Å². The van der Waals surface area contributed by atoms with Crippen molar-refractivity contribution in [1.29, 1.82) is 0 Å². The first kappa shape index (κ1) is 14.6. The highest BCUT2D eigenvalue weighted by molar-refractivity contribution is 9.10. The summed E-state index contributed by atoms with van der Waals surface area (Å²) >= 11 is 5.26. The lowest BCUT2D eigenvalue weighted by Crippen LogP contribution is -2.28. The molecule has 0 radical (unpaired) electrons. The molecular formula is C13H17BrO2S. The molecule has 2 nitrogen and oxygen atoms in total. The van der Waals surface area contributed by atoms with Crippen molar-refractivity contribution in [1.82, 2.24) is 0 Å². The molecule has 1 aromatic carbocycles. The van der Waals surface area contributed by atoms with Gasteiger partial charge in [-0.1, -0.05) is 19.9 Å². The second-order valence-electron chi connectivity index (χ2n) is 4.74. The summed E-state index contributed by atoms with van der Waals surface area (Å²) in [5.41, 5.74) is -0.0474. The van der Waals surface area contributed by atoms with Gasteiger partial charge in [-0.3, -0.25) is 4.79 Å². The number of carboxylic acid groups (broad SMARTS) is 1. The van der Waals surface area contributed by atoms with E-state index < -0.39 is 11.4 Å². The standard InChI is InChI=1S/C13H17BrO2S/c1-8(2)17-11-6-5-9(7-10(11)14)13(3,4)12(15)16/h5-8H,1-4H3,(H,15,16). The summed E-state index contributed by atoms with van der Waals surface area (Å²) in [4.78, 5) is 12.3. The van der Waals surface area contributed by atoms with Gasteiger partial charge < -0.3 is 5.11 Å². The lowest BCUT2D eigenvalue weighted by Gasteiger charge is -2.20. The molecule has 0 atom stereocenters. The Bertz CT molecular complexity index is 427. The minimum absolute atomic E-state index is 0.504. The molecule has 0 fully saturated rings. The van der Waals surface area contributed by atoms with Crippen molar-refractivity contribution in [2.24, 2.45) is 0 Å². The second kappa shape index (κ2) is 5.44. The van der Waals surface area contributed by atoms with Crippen LogP contribution in [0.5, 0.6) is 0 Å². The fourth-order valence-corrected chi connectivity index (χ4v) is 2.85. The number of halogens is 1. The molecule has 0 unspecified atom stereocenters. The van der Waals surface area contributed by atoms with Crippen LogP contribution in [0.3, 0.4) is 0 Å². The first-order valence-electron chi connectivity index (χ1n) is 5.45. The minimum Gasteiger partial charge on any atom is -0.481 e. The number of carbonyl (C=O) groups is 1. The fourth-order valence-electron chi connectivity index (χ4n) is 1.36. The lowest BCUT2D eigenvalue weighted by atomic mass is 9.85. The van der Waals surface area contributed by atoms with E-state index in [9.17, 15) is 9.90 Å². The highest BCUT2D eigenvalue weighted by Crippen LogP contribution is 2.34. The lowest BCUT2D eigenvalue weighted by molar-refractivity contribution is -0.142. The number of hydrogen-bond acceptors (Lipinski definition) is 2. The van der Waals surface area contributed by atoms with E-state index in [2.05, 4.69) is 29.8 Å². The van der Waals surface area contributed by atoms with E-state index in [-0.39, 0.29) is 0 Å². The zero-order chi connectivity index (χ0) is 13.2. The van der Waals surface area contributed by atoms with Crippen LogP contribution in [-0.2, 0) is 10.2 Å². The van der Waals surface area contributed by atoms with E-state index in [1.165, 1.54) is 0 Å². The van der Waals surface area contributed by atoms with E-state index in [4.69, 9.17) is 0 Å². The number of rotatable bonds is 4. The Hall–Kier alpha value is -0.480. The van der Waals surface area contributed by atoms with Crippen LogP contribution in [0.15, 0.2) is 27.6 Å². The normalized spacial score (nSPS) is 11.9. The van der Waals surface area contributed by atoms with Crippen molar-refractivity contribution in [3.8, 4) is 0 Å². The maximum atomic E-state index is 11.2. The van der Waals surface area contributed by atoms with Gasteiger partial charge in [-0.15, -0.1) is 11.8 Å². The maximum Gasteiger partial charge on any atom is 0.313 e. The fraction of sp³-hybridized carbons (Fsp3) is 0.462. The molecule has 0 amide bonds. The second-order valence-corrected chi connectivity index (χ2v) is 7.21. The van der Waals surface area contributed by atoms with Crippen LogP contribution in [0.1, 0.15) is 33.3 Å². The van der Waals surface area contributed by atoms with Crippen LogP contribution < -0.4 is 0 Å². The van der Waals surface area contributed by atoms with Crippen molar-refractivity contribution < 1.29 is 9.90 Å². The van der Waals surface area contributed by atoms with Crippen molar-refractivity contribution in [3.63, 3.8) is 0 Å². The van der Waals surface area contributed by atoms with Gasteiger partial charge in [-0.25, -0.2) is 0 Å². The van der Waals surface area contributed by atoms with E-state index >= 15 is 0 Å². The Morgan fingerprint density at radius 2 is 2.00 bits per heavy atom. The molecule has 0 aromatic heterocycles. The molecule has 0 saturated heterocycles. The van der Waals surface area contributed by atoms with Gasteiger partial charge in [0.05, 0.1) is 5.41 Å². The molecule has 94 valence electrons. The van der Waals surface area contributed by atoms with E-state index in [0.717, 1.165) is 14.9 Å². The zero-order valence-corrected chi connectivity index (χ0v) is 12.9. The first-order chi connectivity index (χ1) is 7.75. The molecule has 17 heavy (non-hydrogen) atoms. The molecule has 0 bridgehead atoms. The molecule has 1 N–H and O–H groups in total. The van der Waals surface area contributed by atoms with Crippen molar-refractivity contribution in [2.45, 2.75) is 43.3 Å². The topological polar surface area (TPSA) is 37.3 Å². The number of benzene rings is 1. The smallest absolute Gasteiger partial charge is 0.313 e. The van der Waals surface area contributed by atoms with Crippen molar-refractivity contribution in [2.75, 3.05) is 0 Å². The molecule has 0 heterocycles. The summed E-state index contributed by atoms with van der Waals surface area (Å²) in [6.07, 6.45) is 0. The zero-order valence-electron chi connectivity index (χ0n) is 10.5. The molecule has 0 saturated carbocycles. The summed E-state index contributed by atoms with van der Waals surface area (Å²) in [6, 6.07) is 5.78. The molecule has 4 heteroatoms. The average Bonchev–Trinajstić information content (AvgIpc) is 2.20. The Morgan fingerprint density at radius 1 is 1.41 bits per heavy atom. The molecular weight excluding hydrogens is 300 g/mol. The van der Waals surface area contributed by atoms with Gasteiger partial charge in [0, 0.05) is 14.6 Å². The predicted octanol–water partition coefficient (Wildman–Crippen LogP) is 4.31. The monoisotopic (exact) mass is 316 g/mol. The average molecular weight is 317 g/mol. The summed E-state index contributed by atoms with van der Waals surface area (Å²) in [5.74, 6) is -0.811. The molecule has 0 aliphatic heterocycles. The number of thioether (sulfide) groups is 1. The highest BCUT2D eigenvalue weighted by Gasteiger charge is 2.29. The van der Waals surface area contributed by atoms with Gasteiger partial charge >= 0.3 is 5.97 Å². The van der Waals surface area contributed by atoms with Gasteiger partial charge in [0.2, 0.25) is 0 Å². The van der Waals surface area contributed by atoms with Crippen molar-refractivity contribution in [3.05, 3.63) is 28.2 Å². The summed E-state index contributed by atoms with van der Waals surface area (Å²) in [7, 11) is 0. The Morgan fingerprint density at radius 3 is 2.41 bits per heavy atom. The van der Waals surface area contributed by atoms with E-state index in [1.807, 2.05) is 18.2 Å². The van der Waals surface area contributed by atoms with Gasteiger partial charge in [0.15, 0.2) is 0 Å². The molecule has 0 aliphatic carbocycles. The number of aliphatic carboxylic acids is 1.